The molecule has 1 aromatic heterocycles. The summed E-state index contributed by atoms with van der Waals surface area (Å²) in [6.07, 6.45) is -3.75. The first-order chi connectivity index (χ1) is 12.5. The molecule has 0 radical (unpaired) electrons. The molecule has 0 atom stereocenters. The van der Waals surface area contributed by atoms with Crippen LogP contribution in [0.25, 0.3) is 22.5 Å². The lowest BCUT2D eigenvalue weighted by molar-refractivity contribution is -0.144. The van der Waals surface area contributed by atoms with Gasteiger partial charge in [-0.25, -0.2) is 22.8 Å². The highest BCUT2D eigenvalue weighted by atomic mass is 32.2. The highest BCUT2D eigenvalue weighted by molar-refractivity contribution is 7.90. The Hall–Kier alpha value is -2.81. The maximum absolute atomic E-state index is 13.2. The first-order valence-electron chi connectivity index (χ1n) is 7.57. The SMILES string of the molecule is CS(=O)(=O)c1ccc(-c2cc(-c3ccc(F)cc3)nc(C(F)(F)F)n2)cc1. The van der Waals surface area contributed by atoms with Crippen LogP contribution in [-0.2, 0) is 16.0 Å². The summed E-state index contributed by atoms with van der Waals surface area (Å²) in [5.74, 6) is -1.87. The monoisotopic (exact) mass is 396 g/mol. The van der Waals surface area contributed by atoms with E-state index in [1.807, 2.05) is 0 Å². The molecule has 3 aromatic rings. The third-order valence-electron chi connectivity index (χ3n) is 3.70. The van der Waals surface area contributed by atoms with Crippen LogP contribution in [0.4, 0.5) is 17.6 Å². The normalized spacial score (nSPS) is 12.2. The summed E-state index contributed by atoms with van der Waals surface area (Å²) in [6.45, 7) is 0. The number of rotatable bonds is 3. The van der Waals surface area contributed by atoms with Gasteiger partial charge in [-0.3, -0.25) is 0 Å². The van der Waals surface area contributed by atoms with Gasteiger partial charge in [-0.1, -0.05) is 12.1 Å². The molecule has 0 unspecified atom stereocenters. The van der Waals surface area contributed by atoms with E-state index in [0.717, 1.165) is 18.4 Å². The molecule has 1 heterocycles. The Balaban J connectivity index is 2.14. The number of hydrogen-bond donors (Lipinski definition) is 0. The summed E-state index contributed by atoms with van der Waals surface area (Å²) in [4.78, 5) is 7.12. The van der Waals surface area contributed by atoms with Crippen LogP contribution in [0.1, 0.15) is 5.82 Å². The molecule has 9 heteroatoms. The molecule has 0 aliphatic heterocycles. The Morgan fingerprint density at radius 1 is 0.815 bits per heavy atom. The highest BCUT2D eigenvalue weighted by Crippen LogP contribution is 2.31. The van der Waals surface area contributed by atoms with Crippen LogP contribution in [0, 0.1) is 5.82 Å². The molecule has 140 valence electrons. The molecule has 0 saturated heterocycles. The van der Waals surface area contributed by atoms with Gasteiger partial charge < -0.3 is 0 Å². The fourth-order valence-corrected chi connectivity index (χ4v) is 2.99. The second-order valence-corrected chi connectivity index (χ2v) is 7.78. The summed E-state index contributed by atoms with van der Waals surface area (Å²) in [5, 5.41) is 0. The van der Waals surface area contributed by atoms with Crippen LogP contribution in [0.3, 0.4) is 0 Å². The maximum Gasteiger partial charge on any atom is 0.451 e. The minimum absolute atomic E-state index is 0.0282. The van der Waals surface area contributed by atoms with Gasteiger partial charge >= 0.3 is 6.18 Å². The molecule has 4 nitrogen and oxygen atoms in total. The summed E-state index contributed by atoms with van der Waals surface area (Å²) in [5.41, 5.74) is 0.521. The van der Waals surface area contributed by atoms with Crippen molar-refractivity contribution >= 4 is 9.84 Å². The van der Waals surface area contributed by atoms with Gasteiger partial charge in [0.25, 0.3) is 0 Å². The van der Waals surface area contributed by atoms with E-state index in [-0.39, 0.29) is 16.3 Å². The zero-order chi connectivity index (χ0) is 19.8. The van der Waals surface area contributed by atoms with Crippen LogP contribution < -0.4 is 0 Å². The Kier molecular flexibility index (Phi) is 4.73. The van der Waals surface area contributed by atoms with Crippen molar-refractivity contribution in [1.29, 1.82) is 0 Å². The fourth-order valence-electron chi connectivity index (χ4n) is 2.36. The number of nitrogens with zero attached hydrogens (tertiary/aromatic N) is 2. The van der Waals surface area contributed by atoms with Crippen molar-refractivity contribution in [2.75, 3.05) is 6.26 Å². The molecule has 0 amide bonds. The van der Waals surface area contributed by atoms with E-state index in [0.29, 0.717) is 11.1 Å². The molecule has 0 fully saturated rings. The van der Waals surface area contributed by atoms with Crippen LogP contribution in [0.15, 0.2) is 59.5 Å². The lowest BCUT2D eigenvalue weighted by Crippen LogP contribution is -2.12. The zero-order valence-electron chi connectivity index (χ0n) is 13.8. The first kappa shape index (κ1) is 19.0. The van der Waals surface area contributed by atoms with E-state index in [4.69, 9.17) is 0 Å². The average molecular weight is 396 g/mol. The average Bonchev–Trinajstić information content (AvgIpc) is 2.60. The van der Waals surface area contributed by atoms with Crippen molar-refractivity contribution in [1.82, 2.24) is 9.97 Å². The van der Waals surface area contributed by atoms with Gasteiger partial charge in [-0.2, -0.15) is 13.2 Å². The molecular formula is C18H12F4N2O2S. The number of sulfone groups is 1. The number of benzene rings is 2. The zero-order valence-corrected chi connectivity index (χ0v) is 14.6. The molecule has 0 spiro atoms. The van der Waals surface area contributed by atoms with E-state index in [2.05, 4.69) is 9.97 Å². The third kappa shape index (κ3) is 4.30. The van der Waals surface area contributed by atoms with Crippen molar-refractivity contribution in [3.8, 4) is 22.5 Å². The van der Waals surface area contributed by atoms with Crippen LogP contribution in [0.2, 0.25) is 0 Å². The van der Waals surface area contributed by atoms with E-state index in [1.54, 1.807) is 0 Å². The highest BCUT2D eigenvalue weighted by Gasteiger charge is 2.35. The summed E-state index contributed by atoms with van der Waals surface area (Å²) >= 11 is 0. The smallest absolute Gasteiger partial charge is 0.224 e. The number of aromatic nitrogens is 2. The Morgan fingerprint density at radius 2 is 1.26 bits per heavy atom. The minimum atomic E-state index is -4.78. The Morgan fingerprint density at radius 3 is 1.67 bits per heavy atom. The lowest BCUT2D eigenvalue weighted by Gasteiger charge is -2.11. The molecule has 0 aliphatic carbocycles. The minimum Gasteiger partial charge on any atom is -0.224 e. The van der Waals surface area contributed by atoms with Crippen molar-refractivity contribution in [3.05, 3.63) is 66.2 Å². The van der Waals surface area contributed by atoms with Gasteiger partial charge in [0.15, 0.2) is 9.84 Å². The summed E-state index contributed by atoms with van der Waals surface area (Å²) in [7, 11) is -3.44. The molecule has 0 N–H and O–H groups in total. The van der Waals surface area contributed by atoms with Gasteiger partial charge in [-0.05, 0) is 42.5 Å². The Labute approximate surface area is 152 Å². The molecule has 2 aromatic carbocycles. The van der Waals surface area contributed by atoms with Gasteiger partial charge in [0.05, 0.1) is 16.3 Å². The molecule has 3 rings (SSSR count). The number of hydrogen-bond acceptors (Lipinski definition) is 4. The summed E-state index contributed by atoms with van der Waals surface area (Å²) < 4.78 is 75.7. The van der Waals surface area contributed by atoms with Crippen molar-refractivity contribution in [2.45, 2.75) is 11.1 Å². The molecule has 0 bridgehead atoms. The Bertz CT molecular complexity index is 1080. The van der Waals surface area contributed by atoms with E-state index in [1.165, 1.54) is 42.5 Å². The van der Waals surface area contributed by atoms with Crippen LogP contribution >= 0.6 is 0 Å². The predicted octanol–water partition coefficient (Wildman–Crippen LogP) is 4.37. The largest absolute Gasteiger partial charge is 0.451 e. The van der Waals surface area contributed by atoms with Crippen molar-refractivity contribution < 1.29 is 26.0 Å². The first-order valence-corrected chi connectivity index (χ1v) is 9.46. The van der Waals surface area contributed by atoms with Gasteiger partial charge in [0.2, 0.25) is 5.82 Å². The second-order valence-electron chi connectivity index (χ2n) is 5.76. The van der Waals surface area contributed by atoms with Gasteiger partial charge in [-0.15, -0.1) is 0 Å². The predicted molar refractivity (Wildman–Crippen MR) is 91.0 cm³/mol. The van der Waals surface area contributed by atoms with Gasteiger partial charge in [0, 0.05) is 17.4 Å². The number of alkyl halides is 3. The maximum atomic E-state index is 13.2. The molecule has 0 aliphatic rings. The number of halogens is 4. The van der Waals surface area contributed by atoms with Crippen LogP contribution in [-0.4, -0.2) is 24.6 Å². The van der Waals surface area contributed by atoms with E-state index in [9.17, 15) is 26.0 Å². The molecule has 27 heavy (non-hydrogen) atoms. The summed E-state index contributed by atoms with van der Waals surface area (Å²) in [6, 6.07) is 11.5. The van der Waals surface area contributed by atoms with Crippen LogP contribution in [0.5, 0.6) is 0 Å². The quantitative estimate of drug-likeness (QED) is 0.617. The van der Waals surface area contributed by atoms with E-state index >= 15 is 0 Å². The second kappa shape index (κ2) is 6.73. The van der Waals surface area contributed by atoms with E-state index < -0.39 is 27.7 Å². The standard InChI is InChI=1S/C18H12F4N2O2S/c1-27(25,26)14-8-4-12(5-9-14)16-10-15(11-2-6-13(19)7-3-11)23-17(24-16)18(20,21)22/h2-10H,1H3. The molecule has 0 saturated carbocycles. The van der Waals surface area contributed by atoms with Gasteiger partial charge in [0.1, 0.15) is 5.82 Å². The lowest BCUT2D eigenvalue weighted by atomic mass is 10.1. The van der Waals surface area contributed by atoms with Crippen molar-refractivity contribution in [3.63, 3.8) is 0 Å². The third-order valence-corrected chi connectivity index (χ3v) is 4.83. The topological polar surface area (TPSA) is 59.9 Å². The fraction of sp³-hybridized carbons (Fsp3) is 0.111. The molecular weight excluding hydrogens is 384 g/mol. The van der Waals surface area contributed by atoms with Crippen molar-refractivity contribution in [2.24, 2.45) is 0 Å².